The summed E-state index contributed by atoms with van der Waals surface area (Å²) in [6.45, 7) is 0.398. The molecular formula is C15H16N2O4. The third kappa shape index (κ3) is 3.58. The van der Waals surface area contributed by atoms with Crippen LogP contribution < -0.4 is 4.90 Å². The summed E-state index contributed by atoms with van der Waals surface area (Å²) in [7, 11) is 0. The molecule has 1 aliphatic rings. The molecule has 0 atom stereocenters. The average molecular weight is 288 g/mol. The van der Waals surface area contributed by atoms with Gasteiger partial charge in [-0.2, -0.15) is 0 Å². The van der Waals surface area contributed by atoms with Gasteiger partial charge in [-0.25, -0.2) is 0 Å². The van der Waals surface area contributed by atoms with Crippen LogP contribution in [0.5, 0.6) is 0 Å². The van der Waals surface area contributed by atoms with Gasteiger partial charge in [0, 0.05) is 31.5 Å². The van der Waals surface area contributed by atoms with Gasteiger partial charge < -0.3 is 10.0 Å². The lowest BCUT2D eigenvalue weighted by Gasteiger charge is -2.16. The molecule has 1 N–H and O–H groups in total. The number of rotatable bonds is 4. The second-order valence-corrected chi connectivity index (χ2v) is 4.73. The molecule has 6 heteroatoms. The molecule has 2 rings (SSSR count). The van der Waals surface area contributed by atoms with Crippen LogP contribution in [0.2, 0.25) is 0 Å². The van der Waals surface area contributed by atoms with Gasteiger partial charge >= 0.3 is 0 Å². The van der Waals surface area contributed by atoms with Crippen molar-refractivity contribution in [2.75, 3.05) is 18.1 Å². The van der Waals surface area contributed by atoms with Crippen molar-refractivity contribution in [3.8, 4) is 11.8 Å². The predicted molar refractivity (Wildman–Crippen MR) is 77.9 cm³/mol. The van der Waals surface area contributed by atoms with E-state index in [-0.39, 0.29) is 18.2 Å². The standard InChI is InChI=1S/C15H16N2O4/c18-10-4-2-1-3-5-15(19)16-9-8-12-6-7-13(17(20)21)11-14(12)16/h6-7,11,18H,1,3,5,8-10H2. The van der Waals surface area contributed by atoms with Crippen LogP contribution in [0.3, 0.4) is 0 Å². The first kappa shape index (κ1) is 15.0. The van der Waals surface area contributed by atoms with E-state index in [1.54, 1.807) is 11.0 Å². The molecule has 1 amide bonds. The molecule has 0 fully saturated rings. The molecule has 110 valence electrons. The number of fused-ring (bicyclic) bond motifs is 1. The molecule has 1 aromatic carbocycles. The summed E-state index contributed by atoms with van der Waals surface area (Å²) in [6, 6.07) is 4.65. The highest BCUT2D eigenvalue weighted by atomic mass is 16.6. The third-order valence-corrected chi connectivity index (χ3v) is 3.37. The highest BCUT2D eigenvalue weighted by Gasteiger charge is 2.26. The minimum Gasteiger partial charge on any atom is -0.384 e. The summed E-state index contributed by atoms with van der Waals surface area (Å²) < 4.78 is 0. The van der Waals surface area contributed by atoms with Gasteiger partial charge in [-0.1, -0.05) is 12.0 Å². The highest BCUT2D eigenvalue weighted by Crippen LogP contribution is 2.32. The zero-order chi connectivity index (χ0) is 15.2. The van der Waals surface area contributed by atoms with E-state index in [0.717, 1.165) is 12.0 Å². The zero-order valence-corrected chi connectivity index (χ0v) is 11.5. The van der Waals surface area contributed by atoms with Gasteiger partial charge in [-0.3, -0.25) is 14.9 Å². The average Bonchev–Trinajstić information content (AvgIpc) is 2.89. The molecule has 21 heavy (non-hydrogen) atoms. The Morgan fingerprint density at radius 3 is 2.95 bits per heavy atom. The Kier molecular flexibility index (Phi) is 4.90. The molecular weight excluding hydrogens is 272 g/mol. The van der Waals surface area contributed by atoms with E-state index in [1.807, 2.05) is 0 Å². The first-order valence-electron chi connectivity index (χ1n) is 6.77. The maximum atomic E-state index is 12.2. The van der Waals surface area contributed by atoms with Crippen LogP contribution in [-0.4, -0.2) is 29.1 Å². The van der Waals surface area contributed by atoms with Crippen molar-refractivity contribution < 1.29 is 14.8 Å². The molecule has 0 aromatic heterocycles. The Labute approximate surface area is 122 Å². The molecule has 0 unspecified atom stereocenters. The fourth-order valence-electron chi connectivity index (χ4n) is 2.35. The van der Waals surface area contributed by atoms with E-state index in [4.69, 9.17) is 5.11 Å². The molecule has 6 nitrogen and oxygen atoms in total. The maximum absolute atomic E-state index is 12.2. The fraction of sp³-hybridized carbons (Fsp3) is 0.400. The topological polar surface area (TPSA) is 83.7 Å². The third-order valence-electron chi connectivity index (χ3n) is 3.37. The van der Waals surface area contributed by atoms with Crippen LogP contribution in [0.15, 0.2) is 18.2 Å². The fourth-order valence-corrected chi connectivity index (χ4v) is 2.35. The van der Waals surface area contributed by atoms with Crippen LogP contribution in [0.25, 0.3) is 0 Å². The van der Waals surface area contributed by atoms with Crippen molar-refractivity contribution >= 4 is 17.3 Å². The second-order valence-electron chi connectivity index (χ2n) is 4.73. The zero-order valence-electron chi connectivity index (χ0n) is 11.5. The number of nitro groups is 1. The number of carbonyl (C=O) groups is 1. The van der Waals surface area contributed by atoms with Crippen molar-refractivity contribution in [2.24, 2.45) is 0 Å². The minimum absolute atomic E-state index is 0.00209. The largest absolute Gasteiger partial charge is 0.384 e. The summed E-state index contributed by atoms with van der Waals surface area (Å²) in [5.41, 5.74) is 1.62. The first-order valence-corrected chi connectivity index (χ1v) is 6.77. The van der Waals surface area contributed by atoms with E-state index in [2.05, 4.69) is 11.8 Å². The Morgan fingerprint density at radius 2 is 2.24 bits per heavy atom. The molecule has 1 aliphatic heterocycles. The number of carbonyl (C=O) groups excluding carboxylic acids is 1. The number of hydrogen-bond donors (Lipinski definition) is 1. The van der Waals surface area contributed by atoms with Crippen molar-refractivity contribution in [2.45, 2.75) is 25.7 Å². The Hall–Kier alpha value is -2.39. The Bertz CT molecular complexity index is 616. The molecule has 0 aliphatic carbocycles. The van der Waals surface area contributed by atoms with Crippen molar-refractivity contribution in [1.29, 1.82) is 0 Å². The normalized spacial score (nSPS) is 12.5. The van der Waals surface area contributed by atoms with E-state index in [9.17, 15) is 14.9 Å². The van der Waals surface area contributed by atoms with Gasteiger partial charge in [0.05, 0.1) is 10.6 Å². The summed E-state index contributed by atoms with van der Waals surface area (Å²) >= 11 is 0. The van der Waals surface area contributed by atoms with E-state index in [0.29, 0.717) is 31.5 Å². The number of amides is 1. The van der Waals surface area contributed by atoms with Gasteiger partial charge in [0.1, 0.15) is 6.61 Å². The Balaban J connectivity index is 2.02. The highest BCUT2D eigenvalue weighted by molar-refractivity contribution is 5.95. The van der Waals surface area contributed by atoms with E-state index < -0.39 is 4.92 Å². The van der Waals surface area contributed by atoms with Gasteiger partial charge in [0.25, 0.3) is 5.69 Å². The smallest absolute Gasteiger partial charge is 0.271 e. The van der Waals surface area contributed by atoms with Gasteiger partial charge in [0.2, 0.25) is 5.91 Å². The van der Waals surface area contributed by atoms with Crippen molar-refractivity contribution in [1.82, 2.24) is 0 Å². The molecule has 0 bridgehead atoms. The monoisotopic (exact) mass is 288 g/mol. The lowest BCUT2D eigenvalue weighted by atomic mass is 10.1. The second kappa shape index (κ2) is 6.86. The quantitative estimate of drug-likeness (QED) is 0.395. The van der Waals surface area contributed by atoms with Crippen LogP contribution in [0.1, 0.15) is 24.8 Å². The maximum Gasteiger partial charge on any atom is 0.271 e. The van der Waals surface area contributed by atoms with Crippen LogP contribution in [0.4, 0.5) is 11.4 Å². The number of unbranched alkanes of at least 4 members (excludes halogenated alkanes) is 1. The van der Waals surface area contributed by atoms with Crippen LogP contribution >= 0.6 is 0 Å². The summed E-state index contributed by atoms with van der Waals surface area (Å²) in [5.74, 6) is 5.26. The Morgan fingerprint density at radius 1 is 1.43 bits per heavy atom. The van der Waals surface area contributed by atoms with Crippen molar-refractivity contribution in [3.63, 3.8) is 0 Å². The van der Waals surface area contributed by atoms with E-state index in [1.165, 1.54) is 12.1 Å². The summed E-state index contributed by atoms with van der Waals surface area (Å²) in [6.07, 6.45) is 2.25. The number of benzene rings is 1. The number of nitro benzene ring substituents is 1. The van der Waals surface area contributed by atoms with Crippen LogP contribution in [-0.2, 0) is 11.2 Å². The SMILES string of the molecule is O=C(CCCC#CCO)N1CCc2ccc([N+](=O)[O-])cc21. The summed E-state index contributed by atoms with van der Waals surface area (Å²) in [4.78, 5) is 24.2. The molecule has 1 heterocycles. The lowest BCUT2D eigenvalue weighted by molar-refractivity contribution is -0.384. The van der Waals surface area contributed by atoms with Gasteiger partial charge in [-0.05, 0) is 18.4 Å². The molecule has 1 aromatic rings. The van der Waals surface area contributed by atoms with Crippen LogP contribution in [0, 0.1) is 22.0 Å². The predicted octanol–water partition coefficient (Wildman–Crippen LogP) is 1.65. The molecule has 0 radical (unpaired) electrons. The van der Waals surface area contributed by atoms with Gasteiger partial charge in [0.15, 0.2) is 0 Å². The number of non-ortho nitro benzene ring substituents is 1. The number of hydrogen-bond acceptors (Lipinski definition) is 4. The lowest BCUT2D eigenvalue weighted by Crippen LogP contribution is -2.28. The number of aliphatic hydroxyl groups is 1. The van der Waals surface area contributed by atoms with E-state index >= 15 is 0 Å². The van der Waals surface area contributed by atoms with Gasteiger partial charge in [-0.15, -0.1) is 5.92 Å². The number of aliphatic hydroxyl groups excluding tert-OH is 1. The summed E-state index contributed by atoms with van der Waals surface area (Å²) in [5, 5.41) is 19.3. The number of anilines is 1. The number of nitrogens with zero attached hydrogens (tertiary/aromatic N) is 2. The molecule has 0 saturated carbocycles. The first-order chi connectivity index (χ1) is 10.1. The minimum atomic E-state index is -0.453. The molecule has 0 saturated heterocycles. The molecule has 0 spiro atoms. The van der Waals surface area contributed by atoms with Crippen molar-refractivity contribution in [3.05, 3.63) is 33.9 Å².